The zero-order valence-corrected chi connectivity index (χ0v) is 13.8. The van der Waals surface area contributed by atoms with Gasteiger partial charge in [-0.2, -0.15) is 0 Å². The van der Waals surface area contributed by atoms with Gasteiger partial charge in [-0.15, -0.1) is 11.3 Å². The van der Waals surface area contributed by atoms with Crippen LogP contribution in [0.2, 0.25) is 0 Å². The van der Waals surface area contributed by atoms with E-state index in [2.05, 4.69) is 29.8 Å². The van der Waals surface area contributed by atoms with Crippen LogP contribution in [-0.4, -0.2) is 36.1 Å². The third-order valence-electron chi connectivity index (χ3n) is 3.42. The van der Waals surface area contributed by atoms with Crippen LogP contribution in [0.5, 0.6) is 5.75 Å². The van der Waals surface area contributed by atoms with Gasteiger partial charge in [0.15, 0.2) is 3.95 Å². The number of benzene rings is 1. The summed E-state index contributed by atoms with van der Waals surface area (Å²) in [6, 6.07) is 6.11. The molecular formula is C15H22N2OS2. The van der Waals surface area contributed by atoms with Crippen molar-refractivity contribution in [3.8, 4) is 5.75 Å². The zero-order valence-electron chi connectivity index (χ0n) is 12.1. The zero-order chi connectivity index (χ0) is 14.4. The van der Waals surface area contributed by atoms with Crippen molar-refractivity contribution < 1.29 is 4.74 Å². The Kier molecular flexibility index (Phi) is 6.01. The second kappa shape index (κ2) is 7.76. The third-order valence-corrected chi connectivity index (χ3v) is 4.62. The molecule has 0 saturated carbocycles. The topological polar surface area (TPSA) is 28.3 Å². The van der Waals surface area contributed by atoms with Gasteiger partial charge in [0.25, 0.3) is 0 Å². The van der Waals surface area contributed by atoms with Crippen molar-refractivity contribution in [2.45, 2.75) is 26.7 Å². The smallest absolute Gasteiger partial charge is 0.159 e. The highest BCUT2D eigenvalue weighted by Gasteiger charge is 2.01. The van der Waals surface area contributed by atoms with Crippen LogP contribution in [0.25, 0.3) is 10.2 Å². The normalized spacial score (nSPS) is 11.3. The molecule has 0 saturated heterocycles. The standard InChI is InChI=1S/C15H22N2OS2/c1-3-17(4-2)9-5-6-10-18-12-7-8-13-14(11-12)20-15(19)16-13/h7-8,11H,3-6,9-10H2,1-2H3,(H,16,19). The number of hydrogen-bond acceptors (Lipinski definition) is 4. The maximum absolute atomic E-state index is 5.81. The van der Waals surface area contributed by atoms with E-state index in [1.807, 2.05) is 12.1 Å². The fourth-order valence-corrected chi connectivity index (χ4v) is 3.33. The number of rotatable bonds is 8. The summed E-state index contributed by atoms with van der Waals surface area (Å²) in [5.74, 6) is 0.936. The van der Waals surface area contributed by atoms with Gasteiger partial charge >= 0.3 is 0 Å². The molecule has 1 aromatic carbocycles. The van der Waals surface area contributed by atoms with Crippen LogP contribution in [0.1, 0.15) is 26.7 Å². The number of thiazole rings is 1. The van der Waals surface area contributed by atoms with Crippen molar-refractivity contribution in [3.05, 3.63) is 22.2 Å². The first-order valence-electron chi connectivity index (χ1n) is 7.21. The van der Waals surface area contributed by atoms with Gasteiger partial charge < -0.3 is 14.6 Å². The number of nitrogens with one attached hydrogen (secondary N) is 1. The Bertz CT molecular complexity index is 587. The van der Waals surface area contributed by atoms with Crippen molar-refractivity contribution in [2.24, 2.45) is 0 Å². The molecule has 0 fully saturated rings. The predicted octanol–water partition coefficient (Wildman–Crippen LogP) is 4.46. The fourth-order valence-electron chi connectivity index (χ4n) is 2.18. The Morgan fingerprint density at radius 3 is 2.80 bits per heavy atom. The molecule has 0 radical (unpaired) electrons. The number of aromatic amines is 1. The molecule has 2 rings (SSSR count). The molecule has 0 bridgehead atoms. The van der Waals surface area contributed by atoms with Crippen molar-refractivity contribution in [1.82, 2.24) is 9.88 Å². The first-order chi connectivity index (χ1) is 9.72. The lowest BCUT2D eigenvalue weighted by Crippen LogP contribution is -2.24. The number of nitrogens with zero attached hydrogens (tertiary/aromatic N) is 1. The van der Waals surface area contributed by atoms with Gasteiger partial charge in [-0.3, -0.25) is 0 Å². The molecule has 20 heavy (non-hydrogen) atoms. The molecule has 0 aliphatic rings. The minimum Gasteiger partial charge on any atom is -0.494 e. The van der Waals surface area contributed by atoms with E-state index < -0.39 is 0 Å². The highest BCUT2D eigenvalue weighted by atomic mass is 32.1. The molecule has 1 heterocycles. The van der Waals surface area contributed by atoms with Crippen LogP contribution in [0.15, 0.2) is 18.2 Å². The number of ether oxygens (including phenoxy) is 1. The van der Waals surface area contributed by atoms with E-state index in [0.717, 1.165) is 52.6 Å². The molecule has 0 unspecified atom stereocenters. The maximum Gasteiger partial charge on any atom is 0.159 e. The van der Waals surface area contributed by atoms with Gasteiger partial charge in [0.05, 0.1) is 16.8 Å². The van der Waals surface area contributed by atoms with Crippen LogP contribution in [-0.2, 0) is 0 Å². The Hall–Kier alpha value is -0.910. The molecule has 1 N–H and O–H groups in total. The van der Waals surface area contributed by atoms with E-state index in [1.165, 1.54) is 6.42 Å². The average Bonchev–Trinajstić information content (AvgIpc) is 2.82. The Labute approximate surface area is 129 Å². The average molecular weight is 310 g/mol. The summed E-state index contributed by atoms with van der Waals surface area (Å²) in [6.45, 7) is 8.62. The molecule has 5 heteroatoms. The first kappa shape index (κ1) is 15.5. The van der Waals surface area contributed by atoms with Crippen LogP contribution in [0, 0.1) is 3.95 Å². The highest BCUT2D eigenvalue weighted by Crippen LogP contribution is 2.24. The second-order valence-electron chi connectivity index (χ2n) is 4.75. The number of aromatic nitrogens is 1. The lowest BCUT2D eigenvalue weighted by molar-refractivity contribution is 0.266. The lowest BCUT2D eigenvalue weighted by atomic mass is 10.3. The largest absolute Gasteiger partial charge is 0.494 e. The van der Waals surface area contributed by atoms with Gasteiger partial charge in [0.1, 0.15) is 5.75 Å². The van der Waals surface area contributed by atoms with E-state index >= 15 is 0 Å². The summed E-state index contributed by atoms with van der Waals surface area (Å²) < 4.78 is 7.79. The summed E-state index contributed by atoms with van der Waals surface area (Å²) in [5.41, 5.74) is 1.09. The van der Waals surface area contributed by atoms with Crippen LogP contribution in [0.3, 0.4) is 0 Å². The highest BCUT2D eigenvalue weighted by molar-refractivity contribution is 7.73. The quantitative estimate of drug-likeness (QED) is 0.576. The SMILES string of the molecule is CCN(CC)CCCCOc1ccc2[nH]c(=S)sc2c1. The maximum atomic E-state index is 5.81. The molecule has 1 aromatic heterocycles. The Balaban J connectivity index is 1.76. The molecular weight excluding hydrogens is 288 g/mol. The number of fused-ring (bicyclic) bond motifs is 1. The summed E-state index contributed by atoms with van der Waals surface area (Å²) >= 11 is 6.74. The van der Waals surface area contributed by atoms with Gasteiger partial charge in [-0.05, 0) is 62.9 Å². The molecule has 0 aliphatic heterocycles. The molecule has 0 atom stereocenters. The molecule has 0 amide bonds. The van der Waals surface area contributed by atoms with E-state index in [4.69, 9.17) is 17.0 Å². The van der Waals surface area contributed by atoms with Gasteiger partial charge in [-0.25, -0.2) is 0 Å². The van der Waals surface area contributed by atoms with Gasteiger partial charge in [0, 0.05) is 0 Å². The molecule has 0 spiro atoms. The van der Waals surface area contributed by atoms with Crippen LogP contribution in [0.4, 0.5) is 0 Å². The van der Waals surface area contributed by atoms with Gasteiger partial charge in [0.2, 0.25) is 0 Å². The van der Waals surface area contributed by atoms with Gasteiger partial charge in [-0.1, -0.05) is 13.8 Å². The number of hydrogen-bond donors (Lipinski definition) is 1. The van der Waals surface area contributed by atoms with E-state index in [0.29, 0.717) is 0 Å². The van der Waals surface area contributed by atoms with E-state index in [9.17, 15) is 0 Å². The number of H-pyrrole nitrogens is 1. The second-order valence-corrected chi connectivity index (χ2v) is 6.47. The minimum atomic E-state index is 0.780. The fraction of sp³-hybridized carbons (Fsp3) is 0.533. The van der Waals surface area contributed by atoms with Crippen molar-refractivity contribution in [1.29, 1.82) is 0 Å². The third kappa shape index (κ3) is 4.30. The summed E-state index contributed by atoms with van der Waals surface area (Å²) in [4.78, 5) is 5.60. The molecule has 3 nitrogen and oxygen atoms in total. The summed E-state index contributed by atoms with van der Waals surface area (Å²) in [7, 11) is 0. The molecule has 110 valence electrons. The molecule has 0 aliphatic carbocycles. The van der Waals surface area contributed by atoms with Crippen molar-refractivity contribution in [2.75, 3.05) is 26.2 Å². The Morgan fingerprint density at radius 1 is 1.25 bits per heavy atom. The summed E-state index contributed by atoms with van der Waals surface area (Å²) in [6.07, 6.45) is 2.28. The molecule has 2 aromatic rings. The predicted molar refractivity (Wildman–Crippen MR) is 89.5 cm³/mol. The first-order valence-corrected chi connectivity index (χ1v) is 8.43. The van der Waals surface area contributed by atoms with E-state index in [-0.39, 0.29) is 0 Å². The monoisotopic (exact) mass is 310 g/mol. The lowest BCUT2D eigenvalue weighted by Gasteiger charge is -2.17. The Morgan fingerprint density at radius 2 is 2.05 bits per heavy atom. The van der Waals surface area contributed by atoms with Crippen LogP contribution >= 0.6 is 23.6 Å². The minimum absolute atomic E-state index is 0.780. The van der Waals surface area contributed by atoms with Crippen LogP contribution < -0.4 is 4.74 Å². The number of unbranched alkanes of at least 4 members (excludes halogenated alkanes) is 1. The summed E-state index contributed by atoms with van der Waals surface area (Å²) in [5, 5.41) is 0. The van der Waals surface area contributed by atoms with Crippen molar-refractivity contribution in [3.63, 3.8) is 0 Å². The van der Waals surface area contributed by atoms with E-state index in [1.54, 1.807) is 11.3 Å². The van der Waals surface area contributed by atoms with Crippen molar-refractivity contribution >= 4 is 33.8 Å².